The summed E-state index contributed by atoms with van der Waals surface area (Å²) in [5.74, 6) is 1.31. The largest absolute Gasteiger partial charge is 0.339 e. The van der Waals surface area contributed by atoms with E-state index in [4.69, 9.17) is 4.52 Å². The van der Waals surface area contributed by atoms with E-state index in [1.54, 1.807) is 6.20 Å². The average Bonchev–Trinajstić information content (AvgIpc) is 3.22. The maximum atomic E-state index is 12.4. The molecule has 1 saturated heterocycles. The summed E-state index contributed by atoms with van der Waals surface area (Å²) in [6.45, 7) is 3.49. The molecule has 0 spiro atoms. The highest BCUT2D eigenvalue weighted by Gasteiger charge is 2.32. The van der Waals surface area contributed by atoms with Crippen molar-refractivity contribution in [1.82, 2.24) is 20.0 Å². The Labute approximate surface area is 132 Å². The summed E-state index contributed by atoms with van der Waals surface area (Å²) in [7, 11) is 0. The van der Waals surface area contributed by atoms with Crippen molar-refractivity contribution in [1.29, 1.82) is 0 Å². The van der Waals surface area contributed by atoms with E-state index in [0.29, 0.717) is 23.4 Å². The van der Waals surface area contributed by atoms with Crippen molar-refractivity contribution in [2.45, 2.75) is 45.2 Å². The lowest BCUT2D eigenvalue weighted by Crippen LogP contribution is -2.39. The van der Waals surface area contributed by atoms with Gasteiger partial charge in [-0.3, -0.25) is 9.69 Å². The molecule has 1 fully saturated rings. The van der Waals surface area contributed by atoms with Gasteiger partial charge in [0, 0.05) is 18.0 Å². The van der Waals surface area contributed by atoms with Crippen LogP contribution in [0.15, 0.2) is 16.1 Å². The predicted octanol–water partition coefficient (Wildman–Crippen LogP) is 2.08. The molecule has 118 valence electrons. The quantitative estimate of drug-likeness (QED) is 0.877. The van der Waals surface area contributed by atoms with Gasteiger partial charge in [0.1, 0.15) is 0 Å². The SMILES string of the molecule is CCCc1nc(CN2CCC[C@@H]2C(=O)Nc2nccs2)no1. The van der Waals surface area contributed by atoms with Crippen molar-refractivity contribution < 1.29 is 9.32 Å². The van der Waals surface area contributed by atoms with Crippen LogP contribution in [-0.4, -0.2) is 38.5 Å². The number of rotatable bonds is 6. The van der Waals surface area contributed by atoms with Gasteiger partial charge in [0.15, 0.2) is 11.0 Å². The van der Waals surface area contributed by atoms with Crippen molar-refractivity contribution in [3.8, 4) is 0 Å². The van der Waals surface area contributed by atoms with Crippen LogP contribution in [0.1, 0.15) is 37.9 Å². The van der Waals surface area contributed by atoms with Gasteiger partial charge in [0.05, 0.1) is 12.6 Å². The third-order valence-corrected chi connectivity index (χ3v) is 4.34. The van der Waals surface area contributed by atoms with Crippen molar-refractivity contribution in [2.24, 2.45) is 0 Å². The molecule has 0 aliphatic carbocycles. The molecule has 0 unspecified atom stereocenters. The normalized spacial score (nSPS) is 18.7. The molecule has 0 aromatic carbocycles. The Morgan fingerprint density at radius 1 is 1.59 bits per heavy atom. The fourth-order valence-electron chi connectivity index (χ4n) is 2.64. The number of anilines is 1. The summed E-state index contributed by atoms with van der Waals surface area (Å²) in [4.78, 5) is 22.9. The molecule has 3 rings (SSSR count). The number of carbonyl (C=O) groups excluding carboxylic acids is 1. The topological polar surface area (TPSA) is 84.2 Å². The van der Waals surface area contributed by atoms with Gasteiger partial charge in [-0.15, -0.1) is 11.3 Å². The van der Waals surface area contributed by atoms with Gasteiger partial charge < -0.3 is 9.84 Å². The minimum absolute atomic E-state index is 0.00951. The molecule has 1 N–H and O–H groups in total. The molecule has 22 heavy (non-hydrogen) atoms. The molecule has 1 aliphatic heterocycles. The van der Waals surface area contributed by atoms with Crippen LogP contribution in [0.5, 0.6) is 0 Å². The van der Waals surface area contributed by atoms with E-state index in [2.05, 4.69) is 32.3 Å². The molecule has 0 saturated carbocycles. The molecule has 0 bridgehead atoms. The van der Waals surface area contributed by atoms with E-state index in [-0.39, 0.29) is 11.9 Å². The van der Waals surface area contributed by atoms with Crippen molar-refractivity contribution in [2.75, 3.05) is 11.9 Å². The average molecular weight is 321 g/mol. The molecule has 2 aromatic rings. The number of carbonyl (C=O) groups is 1. The second-order valence-corrected chi connectivity index (χ2v) is 6.20. The van der Waals surface area contributed by atoms with E-state index in [1.807, 2.05) is 5.38 Å². The van der Waals surface area contributed by atoms with Crippen LogP contribution in [0, 0.1) is 0 Å². The van der Waals surface area contributed by atoms with Gasteiger partial charge in [0.2, 0.25) is 11.8 Å². The van der Waals surface area contributed by atoms with Crippen molar-refractivity contribution >= 4 is 22.4 Å². The third kappa shape index (κ3) is 3.50. The van der Waals surface area contributed by atoms with E-state index >= 15 is 0 Å². The number of aryl methyl sites for hydroxylation is 1. The Bertz CT molecular complexity index is 613. The first kappa shape index (κ1) is 15.1. The van der Waals surface area contributed by atoms with Gasteiger partial charge in [0.25, 0.3) is 0 Å². The first-order valence-electron chi connectivity index (χ1n) is 7.52. The van der Waals surface area contributed by atoms with Crippen molar-refractivity contribution in [3.63, 3.8) is 0 Å². The fraction of sp³-hybridized carbons (Fsp3) is 0.571. The number of thiazole rings is 1. The second kappa shape index (κ2) is 6.97. The van der Waals surface area contributed by atoms with Crippen LogP contribution in [0.4, 0.5) is 5.13 Å². The summed E-state index contributed by atoms with van der Waals surface area (Å²) in [5.41, 5.74) is 0. The van der Waals surface area contributed by atoms with Crippen LogP contribution in [0.2, 0.25) is 0 Å². The Hall–Kier alpha value is -1.80. The molecule has 2 aromatic heterocycles. The molecule has 0 radical (unpaired) electrons. The molecule has 1 amide bonds. The van der Waals surface area contributed by atoms with Gasteiger partial charge in [-0.25, -0.2) is 4.98 Å². The van der Waals surface area contributed by atoms with E-state index in [9.17, 15) is 4.79 Å². The second-order valence-electron chi connectivity index (χ2n) is 5.31. The monoisotopic (exact) mass is 321 g/mol. The maximum absolute atomic E-state index is 12.4. The van der Waals surface area contributed by atoms with Gasteiger partial charge >= 0.3 is 0 Å². The highest BCUT2D eigenvalue weighted by atomic mass is 32.1. The summed E-state index contributed by atoms with van der Waals surface area (Å²) in [5, 5.41) is 9.35. The van der Waals surface area contributed by atoms with Crippen LogP contribution in [-0.2, 0) is 17.8 Å². The molecule has 1 aliphatic rings. The third-order valence-electron chi connectivity index (χ3n) is 3.65. The van der Waals surface area contributed by atoms with Gasteiger partial charge in [-0.2, -0.15) is 4.98 Å². The molecular formula is C14H19N5O2S. The number of nitrogens with one attached hydrogen (secondary N) is 1. The van der Waals surface area contributed by atoms with Crippen LogP contribution < -0.4 is 5.32 Å². The highest BCUT2D eigenvalue weighted by molar-refractivity contribution is 7.13. The molecule has 8 heteroatoms. The molecule has 3 heterocycles. The zero-order valence-corrected chi connectivity index (χ0v) is 13.3. The lowest BCUT2D eigenvalue weighted by molar-refractivity contribution is -0.120. The summed E-state index contributed by atoms with van der Waals surface area (Å²) in [6, 6.07) is -0.156. The van der Waals surface area contributed by atoms with Crippen LogP contribution in [0.3, 0.4) is 0 Å². The number of hydrogen-bond donors (Lipinski definition) is 1. The number of hydrogen-bond acceptors (Lipinski definition) is 7. The number of amides is 1. The zero-order valence-electron chi connectivity index (χ0n) is 12.5. The minimum atomic E-state index is -0.156. The Kier molecular flexibility index (Phi) is 4.79. The summed E-state index contributed by atoms with van der Waals surface area (Å²) < 4.78 is 5.20. The fourth-order valence-corrected chi connectivity index (χ4v) is 3.17. The van der Waals surface area contributed by atoms with Gasteiger partial charge in [-0.05, 0) is 25.8 Å². The number of aromatic nitrogens is 3. The lowest BCUT2D eigenvalue weighted by Gasteiger charge is -2.21. The molecule has 7 nitrogen and oxygen atoms in total. The smallest absolute Gasteiger partial charge is 0.243 e. The summed E-state index contributed by atoms with van der Waals surface area (Å²) >= 11 is 1.42. The van der Waals surface area contributed by atoms with E-state index < -0.39 is 0 Å². The lowest BCUT2D eigenvalue weighted by atomic mass is 10.2. The minimum Gasteiger partial charge on any atom is -0.339 e. The van der Waals surface area contributed by atoms with E-state index in [0.717, 1.165) is 32.2 Å². The van der Waals surface area contributed by atoms with Crippen molar-refractivity contribution in [3.05, 3.63) is 23.3 Å². The van der Waals surface area contributed by atoms with Crippen LogP contribution >= 0.6 is 11.3 Å². The van der Waals surface area contributed by atoms with Gasteiger partial charge in [-0.1, -0.05) is 12.1 Å². The standard InChI is InChI=1S/C14H19N5O2S/c1-2-4-12-16-11(18-21-12)9-19-7-3-5-10(19)13(20)17-14-15-6-8-22-14/h6,8,10H,2-5,7,9H2,1H3,(H,15,17,20)/t10-/m1/s1. The molecule has 1 atom stereocenters. The van der Waals surface area contributed by atoms with Crippen LogP contribution in [0.25, 0.3) is 0 Å². The highest BCUT2D eigenvalue weighted by Crippen LogP contribution is 2.21. The maximum Gasteiger partial charge on any atom is 0.243 e. The summed E-state index contributed by atoms with van der Waals surface area (Å²) in [6.07, 6.45) is 5.29. The number of nitrogens with zero attached hydrogens (tertiary/aromatic N) is 4. The Morgan fingerprint density at radius 3 is 3.27 bits per heavy atom. The Morgan fingerprint density at radius 2 is 2.50 bits per heavy atom. The van der Waals surface area contributed by atoms with E-state index in [1.165, 1.54) is 11.3 Å². The molecular weight excluding hydrogens is 302 g/mol. The predicted molar refractivity (Wildman–Crippen MR) is 82.5 cm³/mol. The first-order chi connectivity index (χ1) is 10.8. The Balaban J connectivity index is 1.61. The first-order valence-corrected chi connectivity index (χ1v) is 8.40. The number of likely N-dealkylation sites (tertiary alicyclic amines) is 1. The zero-order chi connectivity index (χ0) is 15.4.